The number of ketones is 1. The number of hydrogen-bond acceptors (Lipinski definition) is 2. The van der Waals surface area contributed by atoms with Gasteiger partial charge in [0.2, 0.25) is 0 Å². The molecule has 0 saturated carbocycles. The molecule has 0 spiro atoms. The van der Waals surface area contributed by atoms with E-state index < -0.39 is 0 Å². The first-order valence-corrected chi connectivity index (χ1v) is 5.70. The fourth-order valence-corrected chi connectivity index (χ4v) is 1.20. The number of allylic oxidation sites excluding steroid dienone is 1. The van der Waals surface area contributed by atoms with Gasteiger partial charge in [0, 0.05) is 6.42 Å². The van der Waals surface area contributed by atoms with E-state index in [0.717, 1.165) is 24.3 Å². The molecule has 16 heavy (non-hydrogen) atoms. The molecule has 1 rings (SSSR count). The number of carbonyl (C=O) groups is 1. The van der Waals surface area contributed by atoms with Crippen molar-refractivity contribution in [2.75, 3.05) is 6.61 Å². The molecule has 0 heterocycles. The first kappa shape index (κ1) is 12.5. The Bertz CT molecular complexity index is 350. The third-order valence-electron chi connectivity index (χ3n) is 2.16. The third-order valence-corrected chi connectivity index (χ3v) is 2.16. The van der Waals surface area contributed by atoms with E-state index in [1.807, 2.05) is 37.3 Å². The van der Waals surface area contributed by atoms with Crippen LogP contribution in [0.2, 0.25) is 0 Å². The second kappa shape index (κ2) is 6.83. The van der Waals surface area contributed by atoms with Crippen LogP contribution in [0.1, 0.15) is 32.3 Å². The highest BCUT2D eigenvalue weighted by molar-refractivity contribution is 5.93. The molecule has 0 aliphatic carbocycles. The maximum Gasteiger partial charge on any atom is 0.155 e. The van der Waals surface area contributed by atoms with Crippen LogP contribution >= 0.6 is 0 Å². The van der Waals surface area contributed by atoms with Crippen LogP contribution in [-0.4, -0.2) is 12.4 Å². The second-order valence-electron chi connectivity index (χ2n) is 3.57. The van der Waals surface area contributed by atoms with Gasteiger partial charge in [0.05, 0.1) is 6.61 Å². The Morgan fingerprint density at radius 1 is 1.25 bits per heavy atom. The van der Waals surface area contributed by atoms with E-state index in [1.165, 1.54) is 0 Å². The largest absolute Gasteiger partial charge is 0.494 e. The Balaban J connectivity index is 2.57. The summed E-state index contributed by atoms with van der Waals surface area (Å²) in [6.07, 6.45) is 5.00. The molecule has 0 amide bonds. The summed E-state index contributed by atoms with van der Waals surface area (Å²) >= 11 is 0. The van der Waals surface area contributed by atoms with Crippen LogP contribution in [0.25, 0.3) is 6.08 Å². The highest BCUT2D eigenvalue weighted by Gasteiger charge is 1.93. The quantitative estimate of drug-likeness (QED) is 0.683. The molecule has 0 N–H and O–H groups in total. The number of rotatable bonds is 6. The van der Waals surface area contributed by atoms with E-state index in [4.69, 9.17) is 4.74 Å². The summed E-state index contributed by atoms with van der Waals surface area (Å²) in [5, 5.41) is 0. The minimum absolute atomic E-state index is 0.145. The fourth-order valence-electron chi connectivity index (χ4n) is 1.20. The van der Waals surface area contributed by atoms with Crippen LogP contribution in [0.15, 0.2) is 30.3 Å². The zero-order valence-corrected chi connectivity index (χ0v) is 9.90. The van der Waals surface area contributed by atoms with E-state index >= 15 is 0 Å². The summed E-state index contributed by atoms with van der Waals surface area (Å²) in [6.45, 7) is 4.67. The molecule has 1 aromatic rings. The van der Waals surface area contributed by atoms with Crippen molar-refractivity contribution in [3.8, 4) is 5.75 Å². The Morgan fingerprint density at radius 3 is 2.50 bits per heavy atom. The molecule has 2 heteroatoms. The smallest absolute Gasteiger partial charge is 0.155 e. The molecule has 86 valence electrons. The van der Waals surface area contributed by atoms with E-state index in [2.05, 4.69) is 6.92 Å². The van der Waals surface area contributed by atoms with Gasteiger partial charge < -0.3 is 4.74 Å². The van der Waals surface area contributed by atoms with Crippen molar-refractivity contribution >= 4 is 11.9 Å². The summed E-state index contributed by atoms with van der Waals surface area (Å²) in [5.74, 6) is 1.02. The van der Waals surface area contributed by atoms with Gasteiger partial charge in [0.1, 0.15) is 5.75 Å². The average molecular weight is 218 g/mol. The van der Waals surface area contributed by atoms with E-state index in [0.29, 0.717) is 6.42 Å². The highest BCUT2D eigenvalue weighted by Crippen LogP contribution is 2.13. The Labute approximate surface area is 96.9 Å². The summed E-state index contributed by atoms with van der Waals surface area (Å²) in [6, 6.07) is 7.74. The van der Waals surface area contributed by atoms with Crippen molar-refractivity contribution in [3.05, 3.63) is 35.9 Å². The number of ether oxygens (including phenoxy) is 1. The Kier molecular flexibility index (Phi) is 5.34. The van der Waals surface area contributed by atoms with Crippen molar-refractivity contribution in [2.45, 2.75) is 26.7 Å². The normalized spacial score (nSPS) is 10.6. The molecular weight excluding hydrogens is 200 g/mol. The van der Waals surface area contributed by atoms with Gasteiger partial charge in [-0.05, 0) is 30.2 Å². The Hall–Kier alpha value is -1.57. The van der Waals surface area contributed by atoms with Crippen molar-refractivity contribution in [1.82, 2.24) is 0 Å². The molecule has 0 fully saturated rings. The van der Waals surface area contributed by atoms with Gasteiger partial charge in [-0.25, -0.2) is 0 Å². The molecule has 0 aliphatic rings. The lowest BCUT2D eigenvalue weighted by Crippen LogP contribution is -1.94. The molecule has 2 nitrogen and oxygen atoms in total. The molecule has 0 atom stereocenters. The lowest BCUT2D eigenvalue weighted by molar-refractivity contribution is -0.114. The standard InChI is InChI=1S/C14H18O2/c1-3-11-16-14-9-6-12(7-10-14)5-8-13(15)4-2/h5-10H,3-4,11H2,1-2H3/b8-5+. The highest BCUT2D eigenvalue weighted by atomic mass is 16.5. The third kappa shape index (κ3) is 4.30. The lowest BCUT2D eigenvalue weighted by Gasteiger charge is -2.03. The first-order valence-electron chi connectivity index (χ1n) is 5.70. The second-order valence-corrected chi connectivity index (χ2v) is 3.57. The van der Waals surface area contributed by atoms with Crippen molar-refractivity contribution in [3.63, 3.8) is 0 Å². The average Bonchev–Trinajstić information content (AvgIpc) is 2.34. The molecular formula is C14H18O2. The topological polar surface area (TPSA) is 26.3 Å². The molecule has 0 saturated heterocycles. The number of carbonyl (C=O) groups excluding carboxylic acids is 1. The van der Waals surface area contributed by atoms with Gasteiger partial charge in [0.25, 0.3) is 0 Å². The van der Waals surface area contributed by atoms with E-state index in [-0.39, 0.29) is 5.78 Å². The van der Waals surface area contributed by atoms with Crippen molar-refractivity contribution < 1.29 is 9.53 Å². The maximum absolute atomic E-state index is 11.1. The zero-order chi connectivity index (χ0) is 11.8. The molecule has 0 radical (unpaired) electrons. The van der Waals surface area contributed by atoms with Crippen LogP contribution in [0.4, 0.5) is 0 Å². The molecule has 1 aromatic carbocycles. The van der Waals surface area contributed by atoms with Gasteiger partial charge in [-0.15, -0.1) is 0 Å². The van der Waals surface area contributed by atoms with Crippen LogP contribution in [0, 0.1) is 0 Å². The SMILES string of the molecule is CCCOc1ccc(/C=C/C(=O)CC)cc1. The summed E-state index contributed by atoms with van der Waals surface area (Å²) in [4.78, 5) is 11.1. The molecule has 0 unspecified atom stereocenters. The predicted octanol–water partition coefficient (Wildman–Crippen LogP) is 3.47. The Morgan fingerprint density at radius 2 is 1.94 bits per heavy atom. The zero-order valence-electron chi connectivity index (χ0n) is 9.90. The predicted molar refractivity (Wildman–Crippen MR) is 66.6 cm³/mol. The molecule has 0 bridgehead atoms. The summed E-state index contributed by atoms with van der Waals surface area (Å²) in [5.41, 5.74) is 1.02. The van der Waals surface area contributed by atoms with Gasteiger partial charge in [-0.1, -0.05) is 32.1 Å². The maximum atomic E-state index is 11.1. The van der Waals surface area contributed by atoms with Gasteiger partial charge >= 0.3 is 0 Å². The van der Waals surface area contributed by atoms with Crippen LogP contribution < -0.4 is 4.74 Å². The molecule has 0 aromatic heterocycles. The monoisotopic (exact) mass is 218 g/mol. The van der Waals surface area contributed by atoms with Crippen molar-refractivity contribution in [1.29, 1.82) is 0 Å². The van der Waals surface area contributed by atoms with Gasteiger partial charge in [-0.3, -0.25) is 4.79 Å². The lowest BCUT2D eigenvalue weighted by atomic mass is 10.2. The minimum atomic E-state index is 0.145. The fraction of sp³-hybridized carbons (Fsp3) is 0.357. The first-order chi connectivity index (χ1) is 7.76. The van der Waals surface area contributed by atoms with E-state index in [1.54, 1.807) is 6.08 Å². The number of benzene rings is 1. The van der Waals surface area contributed by atoms with Crippen molar-refractivity contribution in [2.24, 2.45) is 0 Å². The minimum Gasteiger partial charge on any atom is -0.494 e. The van der Waals surface area contributed by atoms with E-state index in [9.17, 15) is 4.79 Å². The van der Waals surface area contributed by atoms with Crippen LogP contribution in [0.5, 0.6) is 5.75 Å². The summed E-state index contributed by atoms with van der Waals surface area (Å²) in [7, 11) is 0. The van der Waals surface area contributed by atoms with Crippen LogP contribution in [0.3, 0.4) is 0 Å². The van der Waals surface area contributed by atoms with Gasteiger partial charge in [0.15, 0.2) is 5.78 Å². The number of hydrogen-bond donors (Lipinski definition) is 0. The summed E-state index contributed by atoms with van der Waals surface area (Å²) < 4.78 is 5.47. The van der Waals surface area contributed by atoms with Crippen LogP contribution in [-0.2, 0) is 4.79 Å². The molecule has 0 aliphatic heterocycles. The van der Waals surface area contributed by atoms with Gasteiger partial charge in [-0.2, -0.15) is 0 Å².